The molecule has 0 N–H and O–H groups in total. The van der Waals surface area contributed by atoms with Crippen LogP contribution in [-0.4, -0.2) is 0 Å². The van der Waals surface area contributed by atoms with Gasteiger partial charge in [-0.2, -0.15) is 0 Å². The van der Waals surface area contributed by atoms with Crippen LogP contribution >= 0.6 is 0 Å². The number of benzene rings is 1. The second-order valence-corrected chi connectivity index (χ2v) is 1.51. The summed E-state index contributed by atoms with van der Waals surface area (Å²) in [7, 11) is 0. The highest BCUT2D eigenvalue weighted by atomic mass is 13.8. The minimum Gasteiger partial charge on any atom is -0.115 e. The Morgan fingerprint density at radius 1 is 1.10 bits per heavy atom. The first-order valence-electron chi connectivity index (χ1n) is 2.95. The molecule has 50 valence electrons. The topological polar surface area (TPSA) is 0 Å². The van der Waals surface area contributed by atoms with E-state index in [0.29, 0.717) is 0 Å². The Hall–Kier alpha value is -1.48. The Balaban J connectivity index is 0.000000371. The zero-order chi connectivity index (χ0) is 7.82. The molecule has 0 aliphatic rings. The molecular formula is C10H10. The molecule has 0 aliphatic heterocycles. The highest BCUT2D eigenvalue weighted by Gasteiger charge is 1.76. The predicted molar refractivity (Wildman–Crippen MR) is 45.6 cm³/mol. The van der Waals surface area contributed by atoms with Crippen LogP contribution in [0.3, 0.4) is 0 Å². The largest absolute Gasteiger partial charge is 0.115 e. The number of terminal acetylenes is 1. The lowest BCUT2D eigenvalue weighted by Crippen LogP contribution is -1.66. The average Bonchev–Trinajstić information content (AvgIpc) is 2.10. The highest BCUT2D eigenvalue weighted by molar-refractivity contribution is 5.30. The Labute approximate surface area is 62.2 Å². The van der Waals surface area contributed by atoms with Gasteiger partial charge in [0.05, 0.1) is 0 Å². The summed E-state index contributed by atoms with van der Waals surface area (Å²) in [6, 6.07) is 9.60. The standard InChI is InChI=1S/C8H6.C2H4/c1-2-8-6-4-3-5-7-8;1-2/h1,3-7H;1-2H2. The van der Waals surface area contributed by atoms with Gasteiger partial charge in [-0.25, -0.2) is 0 Å². The van der Waals surface area contributed by atoms with E-state index in [1.807, 2.05) is 30.3 Å². The van der Waals surface area contributed by atoms with Crippen molar-refractivity contribution in [2.45, 2.75) is 0 Å². The van der Waals surface area contributed by atoms with Gasteiger partial charge in [-0.15, -0.1) is 19.6 Å². The van der Waals surface area contributed by atoms with Crippen molar-refractivity contribution in [3.8, 4) is 12.3 Å². The molecule has 0 unspecified atom stereocenters. The zero-order valence-electron chi connectivity index (χ0n) is 5.88. The van der Waals surface area contributed by atoms with Gasteiger partial charge in [-0.1, -0.05) is 24.1 Å². The van der Waals surface area contributed by atoms with E-state index in [4.69, 9.17) is 6.42 Å². The molecule has 1 rings (SSSR count). The second kappa shape index (κ2) is 5.65. The normalized spacial score (nSPS) is 6.70. The fourth-order valence-electron chi connectivity index (χ4n) is 0.534. The Morgan fingerprint density at radius 3 is 1.90 bits per heavy atom. The Kier molecular flexibility index (Phi) is 4.82. The Bertz CT molecular complexity index is 203. The van der Waals surface area contributed by atoms with Gasteiger partial charge in [0.25, 0.3) is 0 Å². The molecule has 0 radical (unpaired) electrons. The van der Waals surface area contributed by atoms with Crippen molar-refractivity contribution in [3.63, 3.8) is 0 Å². The van der Waals surface area contributed by atoms with Gasteiger partial charge in [0.1, 0.15) is 0 Å². The SMILES string of the molecule is C#Cc1ccccc1.C=C. The molecule has 0 amide bonds. The van der Waals surface area contributed by atoms with E-state index in [2.05, 4.69) is 19.1 Å². The third kappa shape index (κ3) is 2.74. The van der Waals surface area contributed by atoms with Crippen LogP contribution in [0.15, 0.2) is 43.5 Å². The molecule has 0 nitrogen and oxygen atoms in total. The molecule has 0 saturated heterocycles. The van der Waals surface area contributed by atoms with Crippen molar-refractivity contribution in [1.82, 2.24) is 0 Å². The summed E-state index contributed by atoms with van der Waals surface area (Å²) < 4.78 is 0. The summed E-state index contributed by atoms with van der Waals surface area (Å²) in [5.41, 5.74) is 0.938. The summed E-state index contributed by atoms with van der Waals surface area (Å²) in [6.07, 6.45) is 5.10. The lowest BCUT2D eigenvalue weighted by molar-refractivity contribution is 1.65. The van der Waals surface area contributed by atoms with Crippen LogP contribution in [-0.2, 0) is 0 Å². The van der Waals surface area contributed by atoms with Crippen molar-refractivity contribution in [3.05, 3.63) is 49.1 Å². The number of hydrogen-bond donors (Lipinski definition) is 0. The Morgan fingerprint density at radius 2 is 1.60 bits per heavy atom. The zero-order valence-corrected chi connectivity index (χ0v) is 5.88. The van der Waals surface area contributed by atoms with Crippen molar-refractivity contribution in [2.24, 2.45) is 0 Å². The molecule has 1 aromatic rings. The maximum atomic E-state index is 5.10. The van der Waals surface area contributed by atoms with Crippen LogP contribution in [0.5, 0.6) is 0 Å². The van der Waals surface area contributed by atoms with Gasteiger partial charge in [0.2, 0.25) is 0 Å². The molecule has 0 bridgehead atoms. The third-order valence-corrected chi connectivity index (χ3v) is 0.940. The summed E-state index contributed by atoms with van der Waals surface area (Å²) in [4.78, 5) is 0. The molecule has 0 heterocycles. The van der Waals surface area contributed by atoms with E-state index >= 15 is 0 Å². The van der Waals surface area contributed by atoms with Gasteiger partial charge in [-0.05, 0) is 12.1 Å². The fourth-order valence-corrected chi connectivity index (χ4v) is 0.534. The van der Waals surface area contributed by atoms with Crippen LogP contribution in [0, 0.1) is 12.3 Å². The van der Waals surface area contributed by atoms with Crippen molar-refractivity contribution in [1.29, 1.82) is 0 Å². The average molecular weight is 130 g/mol. The number of hydrogen-bond acceptors (Lipinski definition) is 0. The van der Waals surface area contributed by atoms with E-state index in [1.54, 1.807) is 0 Å². The molecule has 0 atom stereocenters. The maximum Gasteiger partial charge on any atom is 0.0242 e. The van der Waals surface area contributed by atoms with Crippen LogP contribution < -0.4 is 0 Å². The predicted octanol–water partition coefficient (Wildman–Crippen LogP) is 2.47. The molecule has 0 fully saturated rings. The molecule has 0 saturated carbocycles. The minimum absolute atomic E-state index is 0.938. The van der Waals surface area contributed by atoms with Crippen LogP contribution in [0.2, 0.25) is 0 Å². The monoisotopic (exact) mass is 130 g/mol. The second-order valence-electron chi connectivity index (χ2n) is 1.51. The summed E-state index contributed by atoms with van der Waals surface area (Å²) in [5.74, 6) is 2.53. The van der Waals surface area contributed by atoms with Gasteiger partial charge in [0, 0.05) is 5.56 Å². The summed E-state index contributed by atoms with van der Waals surface area (Å²) in [5, 5.41) is 0. The van der Waals surface area contributed by atoms with Crippen molar-refractivity contribution >= 4 is 0 Å². The van der Waals surface area contributed by atoms with Crippen LogP contribution in [0.4, 0.5) is 0 Å². The van der Waals surface area contributed by atoms with Crippen LogP contribution in [0.1, 0.15) is 5.56 Å². The molecular weight excluding hydrogens is 120 g/mol. The molecule has 0 aromatic heterocycles. The van der Waals surface area contributed by atoms with E-state index in [-0.39, 0.29) is 0 Å². The third-order valence-electron chi connectivity index (χ3n) is 0.940. The van der Waals surface area contributed by atoms with Crippen molar-refractivity contribution < 1.29 is 0 Å². The van der Waals surface area contributed by atoms with Crippen molar-refractivity contribution in [2.75, 3.05) is 0 Å². The van der Waals surface area contributed by atoms with Gasteiger partial charge in [0.15, 0.2) is 0 Å². The fraction of sp³-hybridized carbons (Fsp3) is 0. The molecule has 10 heavy (non-hydrogen) atoms. The smallest absolute Gasteiger partial charge is 0.0242 e. The molecule has 0 aliphatic carbocycles. The minimum atomic E-state index is 0.938. The van der Waals surface area contributed by atoms with Gasteiger partial charge < -0.3 is 0 Å². The van der Waals surface area contributed by atoms with E-state index in [1.165, 1.54) is 0 Å². The summed E-state index contributed by atoms with van der Waals surface area (Å²) in [6.45, 7) is 6.00. The molecule has 0 heteroatoms. The van der Waals surface area contributed by atoms with Crippen LogP contribution in [0.25, 0.3) is 0 Å². The van der Waals surface area contributed by atoms with E-state index in [0.717, 1.165) is 5.56 Å². The lowest BCUT2D eigenvalue weighted by Gasteiger charge is -1.82. The first-order valence-corrected chi connectivity index (χ1v) is 2.95. The molecule has 1 aromatic carbocycles. The summed E-state index contributed by atoms with van der Waals surface area (Å²) >= 11 is 0. The maximum absolute atomic E-state index is 5.10. The van der Waals surface area contributed by atoms with E-state index < -0.39 is 0 Å². The first kappa shape index (κ1) is 8.52. The van der Waals surface area contributed by atoms with Gasteiger partial charge >= 0.3 is 0 Å². The lowest BCUT2D eigenvalue weighted by atomic mass is 10.2. The first-order chi connectivity index (χ1) is 4.93. The quantitative estimate of drug-likeness (QED) is 0.374. The van der Waals surface area contributed by atoms with E-state index in [9.17, 15) is 0 Å². The van der Waals surface area contributed by atoms with Gasteiger partial charge in [-0.3, -0.25) is 0 Å². The number of rotatable bonds is 0. The highest BCUT2D eigenvalue weighted by Crippen LogP contribution is 1.92. The molecule has 0 spiro atoms.